The Morgan fingerprint density at radius 2 is 1.72 bits per heavy atom. The first-order valence-electron chi connectivity index (χ1n) is 9.06. The number of hydrogen-bond donors (Lipinski definition) is 1. The molecule has 4 aliphatic rings. The fourth-order valence-corrected chi connectivity index (χ4v) is 5.63. The van der Waals surface area contributed by atoms with Gasteiger partial charge in [0.05, 0.1) is 7.11 Å². The van der Waals surface area contributed by atoms with Crippen molar-refractivity contribution in [1.82, 2.24) is 0 Å². The molecule has 1 N–H and O–H groups in total. The van der Waals surface area contributed by atoms with E-state index < -0.39 is 5.97 Å². The van der Waals surface area contributed by atoms with E-state index in [0.29, 0.717) is 23.5 Å². The van der Waals surface area contributed by atoms with Crippen molar-refractivity contribution in [3.63, 3.8) is 0 Å². The molecule has 1 aromatic carbocycles. The smallest absolute Gasteiger partial charge is 0.342 e. The van der Waals surface area contributed by atoms with E-state index in [-0.39, 0.29) is 29.1 Å². The van der Waals surface area contributed by atoms with Crippen LogP contribution in [0, 0.1) is 23.2 Å². The predicted octanol–water partition coefficient (Wildman–Crippen LogP) is 3.34. The third kappa shape index (κ3) is 2.90. The molecule has 0 atom stereocenters. The molecule has 25 heavy (non-hydrogen) atoms. The second-order valence-electron chi connectivity index (χ2n) is 8.08. The lowest BCUT2D eigenvalue weighted by atomic mass is 9.48. The number of carbonyl (C=O) groups is 2. The van der Waals surface area contributed by atoms with Gasteiger partial charge in [0.15, 0.2) is 12.4 Å². The quantitative estimate of drug-likeness (QED) is 0.829. The van der Waals surface area contributed by atoms with Crippen molar-refractivity contribution >= 4 is 11.8 Å². The van der Waals surface area contributed by atoms with Crippen molar-refractivity contribution < 1.29 is 24.2 Å². The first-order valence-corrected chi connectivity index (χ1v) is 9.06. The van der Waals surface area contributed by atoms with E-state index in [1.807, 2.05) is 0 Å². The topological polar surface area (TPSA) is 72.8 Å². The number of esters is 1. The molecule has 0 spiro atoms. The zero-order chi connectivity index (χ0) is 17.6. The lowest BCUT2D eigenvalue weighted by Gasteiger charge is -2.55. The molecule has 4 fully saturated rings. The molecule has 0 unspecified atom stereocenters. The number of Topliss-reactive ketones (excluding diaryl/α,β-unsaturated/α-hetero) is 1. The summed E-state index contributed by atoms with van der Waals surface area (Å²) >= 11 is 0. The molecule has 4 aliphatic carbocycles. The molecule has 0 radical (unpaired) electrons. The van der Waals surface area contributed by atoms with Crippen LogP contribution in [0.1, 0.15) is 48.9 Å². The maximum atomic E-state index is 12.9. The number of ether oxygens (including phenoxy) is 2. The summed E-state index contributed by atoms with van der Waals surface area (Å²) in [4.78, 5) is 25.1. The van der Waals surface area contributed by atoms with Gasteiger partial charge in [-0.15, -0.1) is 0 Å². The van der Waals surface area contributed by atoms with Crippen LogP contribution in [0.15, 0.2) is 18.2 Å². The van der Waals surface area contributed by atoms with Gasteiger partial charge in [0.25, 0.3) is 0 Å². The number of hydrogen-bond acceptors (Lipinski definition) is 5. The summed E-state index contributed by atoms with van der Waals surface area (Å²) in [5.41, 5.74) is -0.212. The van der Waals surface area contributed by atoms with Crippen molar-refractivity contribution in [2.75, 3.05) is 13.7 Å². The summed E-state index contributed by atoms with van der Waals surface area (Å²) in [5.74, 6) is 1.68. The third-order valence-corrected chi connectivity index (χ3v) is 6.39. The number of rotatable bonds is 5. The maximum absolute atomic E-state index is 12.9. The van der Waals surface area contributed by atoms with Crippen LogP contribution < -0.4 is 4.74 Å². The van der Waals surface area contributed by atoms with E-state index in [1.165, 1.54) is 38.5 Å². The zero-order valence-electron chi connectivity index (χ0n) is 14.5. The molecule has 0 heterocycles. The average molecular weight is 344 g/mol. The Balaban J connectivity index is 1.41. The van der Waals surface area contributed by atoms with E-state index in [1.54, 1.807) is 6.07 Å². The highest BCUT2D eigenvalue weighted by Gasteiger charge is 2.54. The van der Waals surface area contributed by atoms with Crippen molar-refractivity contribution in [2.45, 2.75) is 38.5 Å². The minimum atomic E-state index is -0.668. The van der Waals surface area contributed by atoms with Gasteiger partial charge in [-0.25, -0.2) is 4.79 Å². The van der Waals surface area contributed by atoms with Gasteiger partial charge in [-0.3, -0.25) is 4.79 Å². The number of phenols is 1. The summed E-state index contributed by atoms with van der Waals surface area (Å²) in [6.07, 6.45) is 6.69. The molecule has 0 saturated heterocycles. The van der Waals surface area contributed by atoms with E-state index in [4.69, 9.17) is 9.47 Å². The minimum absolute atomic E-state index is 0.0547. The van der Waals surface area contributed by atoms with Crippen molar-refractivity contribution in [3.8, 4) is 11.5 Å². The number of benzene rings is 1. The number of aromatic hydroxyl groups is 1. The fraction of sp³-hybridized carbons (Fsp3) is 0.600. The molecule has 0 amide bonds. The van der Waals surface area contributed by atoms with Crippen LogP contribution in [0.5, 0.6) is 11.5 Å². The lowest BCUT2D eigenvalue weighted by molar-refractivity contribution is -0.147. The molecular weight excluding hydrogens is 320 g/mol. The molecule has 4 bridgehead atoms. The first-order chi connectivity index (χ1) is 12.0. The van der Waals surface area contributed by atoms with Crippen LogP contribution in [0.3, 0.4) is 0 Å². The molecule has 0 aliphatic heterocycles. The monoisotopic (exact) mass is 344 g/mol. The summed E-state index contributed by atoms with van der Waals surface area (Å²) in [6.45, 7) is -0.198. The normalized spacial score (nSPS) is 32.4. The Morgan fingerprint density at radius 3 is 2.24 bits per heavy atom. The Kier molecular flexibility index (Phi) is 3.97. The van der Waals surface area contributed by atoms with Crippen LogP contribution in [0.25, 0.3) is 0 Å². The summed E-state index contributed by atoms with van der Waals surface area (Å²) in [6, 6.07) is 4.39. The molecule has 0 aromatic heterocycles. The second-order valence-corrected chi connectivity index (χ2v) is 8.08. The minimum Gasteiger partial charge on any atom is -0.507 e. The Bertz CT molecular complexity index is 673. The van der Waals surface area contributed by atoms with Gasteiger partial charge in [0.2, 0.25) is 0 Å². The second kappa shape index (κ2) is 6.04. The molecule has 5 rings (SSSR count). The van der Waals surface area contributed by atoms with Gasteiger partial charge >= 0.3 is 5.97 Å². The molecule has 4 saturated carbocycles. The molecular formula is C20H24O5. The predicted molar refractivity (Wildman–Crippen MR) is 90.6 cm³/mol. The Hall–Kier alpha value is -2.04. The van der Waals surface area contributed by atoms with Gasteiger partial charge in [-0.1, -0.05) is 0 Å². The number of methoxy groups -OCH3 is 1. The first kappa shape index (κ1) is 16.4. The maximum Gasteiger partial charge on any atom is 0.342 e. The van der Waals surface area contributed by atoms with Gasteiger partial charge in [0.1, 0.15) is 17.1 Å². The van der Waals surface area contributed by atoms with Gasteiger partial charge in [-0.2, -0.15) is 0 Å². The van der Waals surface area contributed by atoms with Gasteiger partial charge in [0, 0.05) is 11.5 Å². The number of carbonyl (C=O) groups excluding carboxylic acids is 2. The highest BCUT2D eigenvalue weighted by atomic mass is 16.5. The van der Waals surface area contributed by atoms with Crippen molar-refractivity contribution in [3.05, 3.63) is 23.8 Å². The van der Waals surface area contributed by atoms with Crippen LogP contribution in [0.4, 0.5) is 0 Å². The SMILES string of the molecule is COc1ccc(C(=O)OCC(=O)C23CC4CC(CC(C4)C2)C3)c(O)c1. The van der Waals surface area contributed by atoms with Gasteiger partial charge < -0.3 is 14.6 Å². The summed E-state index contributed by atoms with van der Waals surface area (Å²) < 4.78 is 10.2. The van der Waals surface area contributed by atoms with E-state index in [9.17, 15) is 14.7 Å². The van der Waals surface area contributed by atoms with Crippen LogP contribution in [-0.4, -0.2) is 30.6 Å². The van der Waals surface area contributed by atoms with E-state index >= 15 is 0 Å². The lowest BCUT2D eigenvalue weighted by Crippen LogP contribution is -2.51. The van der Waals surface area contributed by atoms with Gasteiger partial charge in [-0.05, 0) is 68.4 Å². The fourth-order valence-electron chi connectivity index (χ4n) is 5.63. The third-order valence-electron chi connectivity index (χ3n) is 6.39. The Labute approximate surface area is 147 Å². The van der Waals surface area contributed by atoms with Crippen LogP contribution >= 0.6 is 0 Å². The molecule has 5 heteroatoms. The highest BCUT2D eigenvalue weighted by Crippen LogP contribution is 2.60. The largest absolute Gasteiger partial charge is 0.507 e. The summed E-state index contributed by atoms with van der Waals surface area (Å²) in [7, 11) is 1.48. The average Bonchev–Trinajstić information content (AvgIpc) is 2.58. The molecule has 1 aromatic rings. The molecule has 134 valence electrons. The number of ketones is 1. The van der Waals surface area contributed by atoms with E-state index in [2.05, 4.69) is 0 Å². The van der Waals surface area contributed by atoms with Crippen molar-refractivity contribution in [1.29, 1.82) is 0 Å². The van der Waals surface area contributed by atoms with Crippen molar-refractivity contribution in [2.24, 2.45) is 23.2 Å². The van der Waals surface area contributed by atoms with E-state index in [0.717, 1.165) is 19.3 Å². The Morgan fingerprint density at radius 1 is 1.12 bits per heavy atom. The standard InChI is InChI=1S/C20H24O5/c1-24-15-2-3-16(17(21)7-15)19(23)25-11-18(22)20-8-12-4-13(9-20)6-14(5-12)10-20/h2-3,7,12-14,21H,4-6,8-11H2,1H3. The van der Waals surface area contributed by atoms with Crippen LogP contribution in [-0.2, 0) is 9.53 Å². The molecule has 5 nitrogen and oxygen atoms in total. The highest BCUT2D eigenvalue weighted by molar-refractivity contribution is 5.95. The summed E-state index contributed by atoms with van der Waals surface area (Å²) in [5, 5.41) is 9.92. The number of phenolic OH excluding ortho intramolecular Hbond substituents is 1. The van der Waals surface area contributed by atoms with Crippen LogP contribution in [0.2, 0.25) is 0 Å². The zero-order valence-corrected chi connectivity index (χ0v) is 14.5.